The summed E-state index contributed by atoms with van der Waals surface area (Å²) in [7, 11) is 8.91. The molecule has 0 aliphatic rings. The second-order valence-corrected chi connectivity index (χ2v) is 9.31. The first-order valence-corrected chi connectivity index (χ1v) is 13.1. The molecule has 0 aliphatic carbocycles. The van der Waals surface area contributed by atoms with Crippen LogP contribution < -0.4 is 18.9 Å². The Morgan fingerprint density at radius 1 is 0.744 bits per heavy atom. The Balaban J connectivity index is 1.92. The van der Waals surface area contributed by atoms with Gasteiger partial charge in [0.1, 0.15) is 11.5 Å². The van der Waals surface area contributed by atoms with E-state index in [-0.39, 0.29) is 5.91 Å². The molecule has 0 fully saturated rings. The van der Waals surface area contributed by atoms with Gasteiger partial charge < -0.3 is 28.7 Å². The van der Waals surface area contributed by atoms with Crippen molar-refractivity contribution in [3.05, 3.63) is 89.5 Å². The summed E-state index contributed by atoms with van der Waals surface area (Å²) in [5, 5.41) is 0. The zero-order valence-corrected chi connectivity index (χ0v) is 23.9. The fraction of sp³-hybridized carbons (Fsp3) is 0.344. The average Bonchev–Trinajstić information content (AvgIpc) is 2.96. The highest BCUT2D eigenvalue weighted by molar-refractivity contribution is 5.99. The molecule has 0 radical (unpaired) electrons. The zero-order valence-electron chi connectivity index (χ0n) is 23.9. The van der Waals surface area contributed by atoms with Crippen LogP contribution in [0.5, 0.6) is 23.0 Å². The highest BCUT2D eigenvalue weighted by Gasteiger charge is 2.16. The molecule has 0 unspecified atom stereocenters. The smallest absolute Gasteiger partial charge is 0.247 e. The van der Waals surface area contributed by atoms with Crippen molar-refractivity contribution in [1.29, 1.82) is 0 Å². The summed E-state index contributed by atoms with van der Waals surface area (Å²) < 4.78 is 21.8. The van der Waals surface area contributed by atoms with Crippen molar-refractivity contribution in [2.45, 2.75) is 13.3 Å². The largest absolute Gasteiger partial charge is 0.497 e. The summed E-state index contributed by atoms with van der Waals surface area (Å²) in [5.41, 5.74) is 3.78. The maximum atomic E-state index is 13.8. The van der Waals surface area contributed by atoms with Crippen LogP contribution in [0.2, 0.25) is 0 Å². The summed E-state index contributed by atoms with van der Waals surface area (Å²) in [6.45, 7) is 4.48. The van der Waals surface area contributed by atoms with E-state index in [1.807, 2.05) is 92.6 Å². The van der Waals surface area contributed by atoms with Crippen LogP contribution in [0.4, 0.5) is 0 Å². The van der Waals surface area contributed by atoms with Gasteiger partial charge in [-0.05, 0) is 86.1 Å². The number of amides is 1. The lowest BCUT2D eigenvalue weighted by molar-refractivity contribution is -0.126. The third kappa shape index (κ3) is 8.52. The summed E-state index contributed by atoms with van der Waals surface area (Å²) in [5.74, 6) is 2.88. The van der Waals surface area contributed by atoms with E-state index in [1.54, 1.807) is 27.4 Å². The number of likely N-dealkylation sites (N-methyl/N-ethyl adjacent to an activating group) is 1. The minimum atomic E-state index is -0.0444. The molecule has 3 aromatic carbocycles. The van der Waals surface area contributed by atoms with Crippen LogP contribution in [-0.2, 0) is 11.2 Å². The molecule has 7 heteroatoms. The van der Waals surface area contributed by atoms with Crippen molar-refractivity contribution >= 4 is 11.5 Å². The molecule has 0 N–H and O–H groups in total. The van der Waals surface area contributed by atoms with E-state index in [1.165, 1.54) is 0 Å². The molecule has 0 saturated carbocycles. The third-order valence-electron chi connectivity index (χ3n) is 6.39. The molecule has 0 aromatic heterocycles. The Labute approximate surface area is 232 Å². The molecular formula is C32H40N2O5. The van der Waals surface area contributed by atoms with E-state index in [2.05, 4.69) is 4.90 Å². The monoisotopic (exact) mass is 532 g/mol. The molecular weight excluding hydrogens is 492 g/mol. The van der Waals surface area contributed by atoms with Gasteiger partial charge >= 0.3 is 0 Å². The number of hydrogen-bond donors (Lipinski definition) is 0. The van der Waals surface area contributed by atoms with Crippen molar-refractivity contribution in [3.63, 3.8) is 0 Å². The lowest BCUT2D eigenvalue weighted by Gasteiger charge is -2.24. The van der Waals surface area contributed by atoms with Crippen LogP contribution in [-0.4, -0.2) is 77.4 Å². The average molecular weight is 533 g/mol. The zero-order chi connectivity index (χ0) is 28.2. The van der Waals surface area contributed by atoms with E-state index in [4.69, 9.17) is 18.9 Å². The van der Waals surface area contributed by atoms with Crippen LogP contribution in [0, 0.1) is 0 Å². The van der Waals surface area contributed by atoms with Crippen LogP contribution >= 0.6 is 0 Å². The van der Waals surface area contributed by atoms with Crippen molar-refractivity contribution in [1.82, 2.24) is 9.80 Å². The molecule has 3 rings (SSSR count). The second-order valence-electron chi connectivity index (χ2n) is 9.31. The highest BCUT2D eigenvalue weighted by atomic mass is 16.5. The van der Waals surface area contributed by atoms with Gasteiger partial charge in [0, 0.05) is 25.7 Å². The molecule has 0 atom stereocenters. The maximum Gasteiger partial charge on any atom is 0.247 e. The van der Waals surface area contributed by atoms with Gasteiger partial charge in [0.05, 0.1) is 27.9 Å². The predicted octanol–water partition coefficient (Wildman–Crippen LogP) is 5.18. The lowest BCUT2D eigenvalue weighted by atomic mass is 9.97. The van der Waals surface area contributed by atoms with Crippen LogP contribution in [0.3, 0.4) is 0 Å². The molecule has 0 saturated heterocycles. The molecule has 0 heterocycles. The molecule has 0 spiro atoms. The van der Waals surface area contributed by atoms with Crippen LogP contribution in [0.1, 0.15) is 23.6 Å². The highest BCUT2D eigenvalue weighted by Crippen LogP contribution is 2.29. The van der Waals surface area contributed by atoms with E-state index in [0.29, 0.717) is 37.6 Å². The molecule has 1 amide bonds. The van der Waals surface area contributed by atoms with Crippen molar-refractivity contribution < 1.29 is 23.7 Å². The third-order valence-corrected chi connectivity index (χ3v) is 6.39. The molecule has 3 aromatic rings. The first-order valence-electron chi connectivity index (χ1n) is 13.1. The Kier molecular flexibility index (Phi) is 11.3. The maximum absolute atomic E-state index is 13.8. The van der Waals surface area contributed by atoms with Gasteiger partial charge in [-0.3, -0.25) is 4.79 Å². The van der Waals surface area contributed by atoms with Crippen molar-refractivity contribution in [3.8, 4) is 23.0 Å². The number of hydrogen-bond acceptors (Lipinski definition) is 6. The Hall–Kier alpha value is -3.97. The summed E-state index contributed by atoms with van der Waals surface area (Å²) in [4.78, 5) is 17.8. The Bertz CT molecular complexity index is 1220. The molecule has 0 bridgehead atoms. The SMILES string of the molecule is CCOc1ccc(/C(=C\C(=O)N(CCc2ccc(OC)c(OC)c2)CCN(C)C)c2ccc(OC)cc2)cc1. The van der Waals surface area contributed by atoms with Crippen molar-refractivity contribution in [2.24, 2.45) is 0 Å². The minimum Gasteiger partial charge on any atom is -0.497 e. The van der Waals surface area contributed by atoms with E-state index >= 15 is 0 Å². The number of benzene rings is 3. The van der Waals surface area contributed by atoms with Gasteiger partial charge in [0.25, 0.3) is 0 Å². The standard InChI is InChI=1S/C32H40N2O5/c1-7-39-28-15-11-26(12-16-28)29(25-9-13-27(36-4)14-10-25)23-32(35)34(21-20-33(2)3)19-18-24-8-17-30(37-5)31(22-24)38-6/h8-17,22-23H,7,18-21H2,1-6H3/b29-23-. The number of ether oxygens (including phenoxy) is 4. The first-order chi connectivity index (χ1) is 18.9. The van der Waals surface area contributed by atoms with E-state index in [9.17, 15) is 4.79 Å². The van der Waals surface area contributed by atoms with E-state index < -0.39 is 0 Å². The number of nitrogens with zero attached hydrogens (tertiary/aromatic N) is 2. The van der Waals surface area contributed by atoms with Crippen molar-refractivity contribution in [2.75, 3.05) is 61.7 Å². The second kappa shape index (κ2) is 14.8. The summed E-state index contributed by atoms with van der Waals surface area (Å²) >= 11 is 0. The Morgan fingerprint density at radius 2 is 1.36 bits per heavy atom. The minimum absolute atomic E-state index is 0.0444. The normalized spacial score (nSPS) is 11.3. The number of carbonyl (C=O) groups excluding carboxylic acids is 1. The fourth-order valence-electron chi connectivity index (χ4n) is 4.17. The number of methoxy groups -OCH3 is 3. The van der Waals surface area contributed by atoms with Gasteiger partial charge in [0.2, 0.25) is 5.91 Å². The fourth-order valence-corrected chi connectivity index (χ4v) is 4.17. The van der Waals surface area contributed by atoms with Gasteiger partial charge in [-0.15, -0.1) is 0 Å². The van der Waals surface area contributed by atoms with Crippen LogP contribution in [0.25, 0.3) is 5.57 Å². The molecule has 7 nitrogen and oxygen atoms in total. The topological polar surface area (TPSA) is 60.5 Å². The predicted molar refractivity (Wildman–Crippen MR) is 156 cm³/mol. The molecule has 208 valence electrons. The Morgan fingerprint density at radius 3 is 1.90 bits per heavy atom. The summed E-state index contributed by atoms with van der Waals surface area (Å²) in [6.07, 6.45) is 2.43. The summed E-state index contributed by atoms with van der Waals surface area (Å²) in [6, 6.07) is 21.5. The van der Waals surface area contributed by atoms with Gasteiger partial charge in [-0.2, -0.15) is 0 Å². The van der Waals surface area contributed by atoms with Gasteiger partial charge in [-0.25, -0.2) is 0 Å². The lowest BCUT2D eigenvalue weighted by Crippen LogP contribution is -2.37. The quantitative estimate of drug-likeness (QED) is 0.267. The molecule has 0 aliphatic heterocycles. The van der Waals surface area contributed by atoms with E-state index in [0.717, 1.165) is 40.3 Å². The van der Waals surface area contributed by atoms with Gasteiger partial charge in [0.15, 0.2) is 11.5 Å². The number of rotatable bonds is 14. The van der Waals surface area contributed by atoms with Gasteiger partial charge in [-0.1, -0.05) is 30.3 Å². The van der Waals surface area contributed by atoms with Crippen LogP contribution in [0.15, 0.2) is 72.8 Å². The first kappa shape index (κ1) is 29.6. The number of carbonyl (C=O) groups is 1. The molecule has 39 heavy (non-hydrogen) atoms.